The number of likely N-dealkylation sites (tertiary alicyclic amines) is 1. The van der Waals surface area contributed by atoms with E-state index in [1.165, 1.54) is 17.5 Å². The summed E-state index contributed by atoms with van der Waals surface area (Å²) in [6.45, 7) is 3.92. The van der Waals surface area contributed by atoms with Crippen molar-refractivity contribution in [3.8, 4) is 0 Å². The van der Waals surface area contributed by atoms with Crippen molar-refractivity contribution in [2.45, 2.75) is 45.2 Å². The molecule has 1 aromatic rings. The highest BCUT2D eigenvalue weighted by atomic mass is 79.9. The number of piperidine rings is 1. The van der Waals surface area contributed by atoms with Gasteiger partial charge in [0.25, 0.3) is 0 Å². The van der Waals surface area contributed by atoms with Crippen molar-refractivity contribution in [1.82, 2.24) is 4.90 Å². The second kappa shape index (κ2) is 6.53. The van der Waals surface area contributed by atoms with E-state index < -0.39 is 5.97 Å². The average Bonchev–Trinajstić information content (AvgIpc) is 2.36. The van der Waals surface area contributed by atoms with E-state index in [1.54, 1.807) is 0 Å². The first-order valence-electron chi connectivity index (χ1n) is 6.77. The van der Waals surface area contributed by atoms with Gasteiger partial charge in [-0.1, -0.05) is 34.5 Å². The molecule has 0 saturated carbocycles. The topological polar surface area (TPSA) is 40.5 Å². The number of carbonyl (C=O) groups is 1. The van der Waals surface area contributed by atoms with Gasteiger partial charge in [-0.2, -0.15) is 0 Å². The van der Waals surface area contributed by atoms with Crippen LogP contribution < -0.4 is 0 Å². The van der Waals surface area contributed by atoms with Crippen LogP contribution >= 0.6 is 15.9 Å². The minimum atomic E-state index is -0.693. The lowest BCUT2D eigenvalue weighted by molar-refractivity contribution is -0.138. The Morgan fingerprint density at radius 1 is 1.47 bits per heavy atom. The Balaban J connectivity index is 2.06. The standard InChI is InChI=1S/C15H20BrNO2/c1-11-5-6-12(8-14(11)16)10-17-7-3-2-4-13(17)9-15(18)19/h5-6,8,13H,2-4,7,9-10H2,1H3,(H,18,19). The lowest BCUT2D eigenvalue weighted by atomic mass is 9.98. The maximum Gasteiger partial charge on any atom is 0.304 e. The number of benzene rings is 1. The van der Waals surface area contributed by atoms with E-state index in [9.17, 15) is 4.79 Å². The number of rotatable bonds is 4. The lowest BCUT2D eigenvalue weighted by Crippen LogP contribution is -2.40. The van der Waals surface area contributed by atoms with Gasteiger partial charge in [0.1, 0.15) is 0 Å². The molecule has 1 aliphatic heterocycles. The van der Waals surface area contributed by atoms with E-state index in [-0.39, 0.29) is 12.5 Å². The minimum absolute atomic E-state index is 0.186. The highest BCUT2D eigenvalue weighted by Gasteiger charge is 2.24. The molecule has 1 heterocycles. The van der Waals surface area contributed by atoms with E-state index >= 15 is 0 Å². The van der Waals surface area contributed by atoms with Gasteiger partial charge in [-0.05, 0) is 43.5 Å². The van der Waals surface area contributed by atoms with E-state index in [1.807, 2.05) is 0 Å². The molecule has 0 aromatic heterocycles. The van der Waals surface area contributed by atoms with E-state index in [0.717, 1.165) is 30.4 Å². The zero-order valence-corrected chi connectivity index (χ0v) is 12.8. The molecule has 0 bridgehead atoms. The first-order valence-corrected chi connectivity index (χ1v) is 7.56. The van der Waals surface area contributed by atoms with E-state index in [0.29, 0.717) is 0 Å². The summed E-state index contributed by atoms with van der Waals surface area (Å²) >= 11 is 3.55. The zero-order chi connectivity index (χ0) is 13.8. The maximum atomic E-state index is 10.9. The van der Waals surface area contributed by atoms with Crippen molar-refractivity contribution in [3.05, 3.63) is 33.8 Å². The monoisotopic (exact) mass is 325 g/mol. The minimum Gasteiger partial charge on any atom is -0.481 e. The molecule has 0 amide bonds. The first-order chi connectivity index (χ1) is 9.06. The van der Waals surface area contributed by atoms with Gasteiger partial charge in [0.15, 0.2) is 0 Å². The molecule has 1 aromatic carbocycles. The quantitative estimate of drug-likeness (QED) is 0.919. The fraction of sp³-hybridized carbons (Fsp3) is 0.533. The van der Waals surface area contributed by atoms with Gasteiger partial charge < -0.3 is 5.11 Å². The molecule has 1 fully saturated rings. The molecule has 0 aliphatic carbocycles. The molecular formula is C15H20BrNO2. The fourth-order valence-electron chi connectivity index (χ4n) is 2.67. The summed E-state index contributed by atoms with van der Waals surface area (Å²) in [6, 6.07) is 6.57. The van der Waals surface area contributed by atoms with E-state index in [4.69, 9.17) is 5.11 Å². The Kier molecular flexibility index (Phi) is 4.99. The maximum absolute atomic E-state index is 10.9. The number of aryl methyl sites for hydroxylation is 1. The third-order valence-electron chi connectivity index (χ3n) is 3.78. The van der Waals surface area contributed by atoms with Crippen molar-refractivity contribution in [1.29, 1.82) is 0 Å². The van der Waals surface area contributed by atoms with Gasteiger partial charge in [-0.3, -0.25) is 9.69 Å². The molecule has 2 rings (SSSR count). The van der Waals surface area contributed by atoms with Crippen LogP contribution in [0, 0.1) is 6.92 Å². The molecule has 1 aliphatic rings. The van der Waals surface area contributed by atoms with Crippen LogP contribution in [0.15, 0.2) is 22.7 Å². The van der Waals surface area contributed by atoms with Crippen molar-refractivity contribution >= 4 is 21.9 Å². The molecule has 1 saturated heterocycles. The summed E-state index contributed by atoms with van der Waals surface area (Å²) in [6.07, 6.45) is 3.57. The van der Waals surface area contributed by atoms with Gasteiger partial charge >= 0.3 is 5.97 Å². The molecule has 19 heavy (non-hydrogen) atoms. The number of halogens is 1. The van der Waals surface area contributed by atoms with Crippen LogP contribution in [0.2, 0.25) is 0 Å². The van der Waals surface area contributed by atoms with Crippen LogP contribution in [0.5, 0.6) is 0 Å². The summed E-state index contributed by atoms with van der Waals surface area (Å²) in [5.41, 5.74) is 2.47. The van der Waals surface area contributed by atoms with Crippen LogP contribution in [0.3, 0.4) is 0 Å². The molecule has 1 atom stereocenters. The molecule has 1 unspecified atom stereocenters. The van der Waals surface area contributed by atoms with Crippen molar-refractivity contribution in [2.24, 2.45) is 0 Å². The normalized spacial score (nSPS) is 20.4. The molecular weight excluding hydrogens is 306 g/mol. The second-order valence-electron chi connectivity index (χ2n) is 5.30. The zero-order valence-electron chi connectivity index (χ0n) is 11.2. The van der Waals surface area contributed by atoms with Crippen LogP contribution in [0.1, 0.15) is 36.8 Å². The highest BCUT2D eigenvalue weighted by Crippen LogP contribution is 2.24. The summed E-state index contributed by atoms with van der Waals surface area (Å²) in [5.74, 6) is -0.693. The lowest BCUT2D eigenvalue weighted by Gasteiger charge is -2.35. The Morgan fingerprint density at radius 3 is 2.95 bits per heavy atom. The number of nitrogens with zero attached hydrogens (tertiary/aromatic N) is 1. The van der Waals surface area contributed by atoms with E-state index in [2.05, 4.69) is 46.0 Å². The van der Waals surface area contributed by atoms with Crippen LogP contribution in [0.25, 0.3) is 0 Å². The van der Waals surface area contributed by atoms with Gasteiger partial charge in [0.05, 0.1) is 6.42 Å². The number of carboxylic acids is 1. The molecule has 104 valence electrons. The van der Waals surface area contributed by atoms with Crippen LogP contribution in [-0.2, 0) is 11.3 Å². The largest absolute Gasteiger partial charge is 0.481 e. The fourth-order valence-corrected chi connectivity index (χ4v) is 3.10. The average molecular weight is 326 g/mol. The number of hydrogen-bond donors (Lipinski definition) is 1. The molecule has 1 N–H and O–H groups in total. The first kappa shape index (κ1) is 14.5. The third kappa shape index (κ3) is 4.05. The number of carboxylic acid groups (broad SMARTS) is 1. The van der Waals surface area contributed by atoms with Crippen LogP contribution in [0.4, 0.5) is 0 Å². The Labute approximate surface area is 122 Å². The molecule has 0 spiro atoms. The summed E-state index contributed by atoms with van der Waals surface area (Å²) < 4.78 is 1.12. The van der Waals surface area contributed by atoms with Gasteiger partial charge in [-0.25, -0.2) is 0 Å². The summed E-state index contributed by atoms with van der Waals surface area (Å²) in [5, 5.41) is 9.00. The number of hydrogen-bond acceptors (Lipinski definition) is 2. The Hall–Kier alpha value is -0.870. The van der Waals surface area contributed by atoms with Gasteiger partial charge in [-0.15, -0.1) is 0 Å². The second-order valence-corrected chi connectivity index (χ2v) is 6.16. The summed E-state index contributed by atoms with van der Waals surface area (Å²) in [7, 11) is 0. The molecule has 4 heteroatoms. The molecule has 3 nitrogen and oxygen atoms in total. The Bertz CT molecular complexity index is 461. The predicted molar refractivity (Wildman–Crippen MR) is 79.2 cm³/mol. The smallest absolute Gasteiger partial charge is 0.304 e. The van der Waals surface area contributed by atoms with Crippen molar-refractivity contribution in [3.63, 3.8) is 0 Å². The SMILES string of the molecule is Cc1ccc(CN2CCCCC2CC(=O)O)cc1Br. The predicted octanol–water partition coefficient (Wildman–Crippen LogP) is 3.59. The highest BCUT2D eigenvalue weighted by molar-refractivity contribution is 9.10. The third-order valence-corrected chi connectivity index (χ3v) is 4.64. The van der Waals surface area contributed by atoms with Gasteiger partial charge in [0, 0.05) is 17.1 Å². The van der Waals surface area contributed by atoms with Gasteiger partial charge in [0.2, 0.25) is 0 Å². The van der Waals surface area contributed by atoms with Crippen molar-refractivity contribution < 1.29 is 9.90 Å². The molecule has 0 radical (unpaired) electrons. The number of aliphatic carboxylic acids is 1. The Morgan fingerprint density at radius 2 is 2.26 bits per heavy atom. The summed E-state index contributed by atoms with van der Waals surface area (Å²) in [4.78, 5) is 13.2. The van der Waals surface area contributed by atoms with Crippen molar-refractivity contribution in [2.75, 3.05) is 6.54 Å². The van der Waals surface area contributed by atoms with Crippen LogP contribution in [-0.4, -0.2) is 28.6 Å².